The van der Waals surface area contributed by atoms with Crippen LogP contribution in [-0.2, 0) is 28.4 Å². The summed E-state index contributed by atoms with van der Waals surface area (Å²) < 4.78 is 32.7. The molecule has 1 amide bonds. The first-order chi connectivity index (χ1) is 22.7. The molecule has 0 atom stereocenters. The molecule has 0 aromatic heterocycles. The molecule has 0 fully saturated rings. The van der Waals surface area contributed by atoms with Gasteiger partial charge in [-0.05, 0) is 52.9 Å². The summed E-state index contributed by atoms with van der Waals surface area (Å²) in [4.78, 5) is 24.4. The quantitative estimate of drug-likeness (QED) is 0.107. The molecule has 0 aliphatic heterocycles. The van der Waals surface area contributed by atoms with Crippen LogP contribution in [0.1, 0.15) is 47.2 Å². The van der Waals surface area contributed by atoms with Gasteiger partial charge in [0.1, 0.15) is 13.2 Å². The van der Waals surface area contributed by atoms with E-state index in [1.165, 1.54) is 22.3 Å². The maximum atomic E-state index is 12.2. The number of hydrogen-bond donors (Lipinski definition) is 2. The molecule has 0 saturated carbocycles. The molecule has 0 bridgehead atoms. The highest BCUT2D eigenvalue weighted by Gasteiger charge is 2.28. The van der Waals surface area contributed by atoms with Gasteiger partial charge in [-0.15, -0.1) is 0 Å². The minimum atomic E-state index is -0.458. The Morgan fingerprint density at radius 2 is 1.17 bits per heavy atom. The Kier molecular flexibility index (Phi) is 15.3. The summed E-state index contributed by atoms with van der Waals surface area (Å²) in [5.41, 5.74) is 6.27. The highest BCUT2D eigenvalue weighted by molar-refractivity contribution is 5.89. The predicted octanol–water partition coefficient (Wildman–Crippen LogP) is 5.66. The van der Waals surface area contributed by atoms with E-state index in [1.54, 1.807) is 12.1 Å². The van der Waals surface area contributed by atoms with Crippen molar-refractivity contribution < 1.29 is 38.0 Å². The van der Waals surface area contributed by atoms with E-state index in [0.717, 1.165) is 25.1 Å². The van der Waals surface area contributed by atoms with Crippen molar-refractivity contribution in [3.05, 3.63) is 89.5 Å². The number of nitrogens with one attached hydrogen (secondary N) is 2. The number of esters is 1. The third-order valence-corrected chi connectivity index (χ3v) is 7.42. The van der Waals surface area contributed by atoms with Gasteiger partial charge in [-0.2, -0.15) is 0 Å². The van der Waals surface area contributed by atoms with Crippen LogP contribution in [0.4, 0.5) is 10.5 Å². The zero-order valence-electron chi connectivity index (χ0n) is 26.7. The lowest BCUT2D eigenvalue weighted by Crippen LogP contribution is -2.29. The smallest absolute Gasteiger partial charge is 0.407 e. The van der Waals surface area contributed by atoms with Crippen LogP contribution in [0.5, 0.6) is 0 Å². The summed E-state index contributed by atoms with van der Waals surface area (Å²) in [6.45, 7) is 7.06. The van der Waals surface area contributed by atoms with E-state index < -0.39 is 6.09 Å². The molecule has 4 rings (SSSR count). The van der Waals surface area contributed by atoms with Crippen LogP contribution < -0.4 is 10.6 Å². The van der Waals surface area contributed by atoms with E-state index in [-0.39, 0.29) is 25.1 Å². The van der Waals surface area contributed by atoms with Gasteiger partial charge < -0.3 is 39.1 Å². The number of anilines is 1. The molecular formula is C36H46N2O8. The van der Waals surface area contributed by atoms with Crippen molar-refractivity contribution in [3.8, 4) is 11.1 Å². The number of ether oxygens (including phenoxy) is 6. The normalized spacial score (nSPS) is 11.9. The van der Waals surface area contributed by atoms with E-state index in [0.29, 0.717) is 65.0 Å². The number of carbonyl (C=O) groups excluding carboxylic acids is 2. The van der Waals surface area contributed by atoms with E-state index in [1.807, 2.05) is 36.4 Å². The fourth-order valence-corrected chi connectivity index (χ4v) is 5.05. The second-order valence-corrected chi connectivity index (χ2v) is 10.7. The molecule has 3 aromatic rings. The minimum Gasteiger partial charge on any atom is -0.460 e. The molecule has 0 unspecified atom stereocenters. The average molecular weight is 635 g/mol. The first-order valence-corrected chi connectivity index (χ1v) is 16.1. The first kappa shape index (κ1) is 34.9. The Hall–Kier alpha value is -3.96. The third-order valence-electron chi connectivity index (χ3n) is 7.42. The number of amides is 1. The predicted molar refractivity (Wildman–Crippen MR) is 176 cm³/mol. The molecule has 10 nitrogen and oxygen atoms in total. The van der Waals surface area contributed by atoms with Crippen LogP contribution >= 0.6 is 0 Å². The monoisotopic (exact) mass is 634 g/mol. The summed E-state index contributed by atoms with van der Waals surface area (Å²) in [6.07, 6.45) is 1.78. The molecular weight excluding hydrogens is 588 g/mol. The summed E-state index contributed by atoms with van der Waals surface area (Å²) in [7, 11) is 0. The van der Waals surface area contributed by atoms with Gasteiger partial charge in [-0.3, -0.25) is 0 Å². The number of hydrogen-bond acceptors (Lipinski definition) is 9. The molecule has 1 aliphatic carbocycles. The second-order valence-electron chi connectivity index (χ2n) is 10.7. The number of alkyl carbamates (subject to hydrolysis) is 1. The zero-order chi connectivity index (χ0) is 32.2. The number of fused-ring (bicyclic) bond motifs is 3. The minimum absolute atomic E-state index is 0.0342. The van der Waals surface area contributed by atoms with Gasteiger partial charge in [-0.1, -0.05) is 61.9 Å². The van der Waals surface area contributed by atoms with Gasteiger partial charge in [0, 0.05) is 24.7 Å². The van der Waals surface area contributed by atoms with Crippen molar-refractivity contribution in [1.29, 1.82) is 0 Å². The second kappa shape index (κ2) is 20.2. The summed E-state index contributed by atoms with van der Waals surface area (Å²) >= 11 is 0. The average Bonchev–Trinajstić information content (AvgIpc) is 3.41. The van der Waals surface area contributed by atoms with Crippen molar-refractivity contribution in [2.45, 2.75) is 25.7 Å². The lowest BCUT2D eigenvalue weighted by Gasteiger charge is -2.14. The van der Waals surface area contributed by atoms with Crippen LogP contribution in [0, 0.1) is 0 Å². The Balaban J connectivity index is 0.910. The van der Waals surface area contributed by atoms with Crippen LogP contribution in [0.2, 0.25) is 0 Å². The third kappa shape index (κ3) is 11.4. The molecule has 46 heavy (non-hydrogen) atoms. The topological polar surface area (TPSA) is 114 Å². The fraction of sp³-hybridized carbons (Fsp3) is 0.444. The Morgan fingerprint density at radius 1 is 0.630 bits per heavy atom. The molecule has 0 saturated heterocycles. The van der Waals surface area contributed by atoms with Gasteiger partial charge in [0.15, 0.2) is 0 Å². The van der Waals surface area contributed by atoms with Gasteiger partial charge >= 0.3 is 12.1 Å². The molecule has 2 N–H and O–H groups in total. The Morgan fingerprint density at radius 3 is 1.76 bits per heavy atom. The van der Waals surface area contributed by atoms with Gasteiger partial charge in [0.05, 0.1) is 58.4 Å². The standard InChI is InChI=1S/C36H46N2O8/c1-2-3-16-37-29-14-12-28(13-15-29)35(39)45-26-25-44-24-23-43-22-21-42-20-19-41-18-17-38-36(40)46-27-34-32-10-6-4-8-30(32)31-9-5-7-11-33(31)34/h4-15,34,37H,2-3,16-27H2,1H3,(H,38,40). The summed E-state index contributed by atoms with van der Waals surface area (Å²) in [5, 5.41) is 6.05. The molecule has 3 aromatic carbocycles. The van der Waals surface area contributed by atoms with Gasteiger partial charge in [0.2, 0.25) is 0 Å². The van der Waals surface area contributed by atoms with Crippen LogP contribution in [0.3, 0.4) is 0 Å². The van der Waals surface area contributed by atoms with Crippen molar-refractivity contribution in [2.75, 3.05) is 84.5 Å². The SMILES string of the molecule is CCCCNc1ccc(C(=O)OCCOCCOCCOCCOCCNC(=O)OCC2c3ccccc3-c3ccccc32)cc1. The van der Waals surface area contributed by atoms with Crippen LogP contribution in [0.25, 0.3) is 11.1 Å². The first-order valence-electron chi connectivity index (χ1n) is 16.1. The summed E-state index contributed by atoms with van der Waals surface area (Å²) in [5.74, 6) is -0.333. The maximum Gasteiger partial charge on any atom is 0.407 e. The van der Waals surface area contributed by atoms with Crippen molar-refractivity contribution in [1.82, 2.24) is 5.32 Å². The number of unbranched alkanes of at least 4 members (excludes halogenated alkanes) is 1. The largest absolute Gasteiger partial charge is 0.460 e. The van der Waals surface area contributed by atoms with E-state index in [9.17, 15) is 9.59 Å². The zero-order valence-corrected chi connectivity index (χ0v) is 26.7. The van der Waals surface area contributed by atoms with Crippen molar-refractivity contribution in [2.24, 2.45) is 0 Å². The molecule has 0 spiro atoms. The Bertz CT molecular complexity index is 1290. The number of carbonyl (C=O) groups is 2. The molecule has 0 radical (unpaired) electrons. The lowest BCUT2D eigenvalue weighted by atomic mass is 9.98. The molecule has 10 heteroatoms. The van der Waals surface area contributed by atoms with E-state index in [2.05, 4.69) is 41.8 Å². The maximum absolute atomic E-state index is 12.2. The van der Waals surface area contributed by atoms with E-state index >= 15 is 0 Å². The highest BCUT2D eigenvalue weighted by Crippen LogP contribution is 2.44. The van der Waals surface area contributed by atoms with E-state index in [4.69, 9.17) is 28.4 Å². The van der Waals surface area contributed by atoms with Gasteiger partial charge in [-0.25, -0.2) is 9.59 Å². The lowest BCUT2D eigenvalue weighted by molar-refractivity contribution is -0.00870. The van der Waals surface area contributed by atoms with Crippen LogP contribution in [0.15, 0.2) is 72.8 Å². The Labute approximate surface area is 271 Å². The molecule has 1 aliphatic rings. The molecule has 0 heterocycles. The van der Waals surface area contributed by atoms with Crippen molar-refractivity contribution >= 4 is 17.7 Å². The van der Waals surface area contributed by atoms with Gasteiger partial charge in [0.25, 0.3) is 0 Å². The number of rotatable bonds is 22. The number of benzene rings is 3. The van der Waals surface area contributed by atoms with Crippen LogP contribution in [-0.4, -0.2) is 91.2 Å². The highest BCUT2D eigenvalue weighted by atomic mass is 16.6. The van der Waals surface area contributed by atoms with Crippen molar-refractivity contribution in [3.63, 3.8) is 0 Å². The summed E-state index contributed by atoms with van der Waals surface area (Å²) in [6, 6.07) is 23.8. The molecule has 248 valence electrons. The fourth-order valence-electron chi connectivity index (χ4n) is 5.05.